The molecule has 0 aromatic carbocycles. The normalized spacial score (nSPS) is 9.05. The summed E-state index contributed by atoms with van der Waals surface area (Å²) in [5.74, 6) is 0.295. The number of aliphatic hydroxyl groups excluding tert-OH is 2. The molecule has 0 bridgehead atoms. The molecular formula is C6H20N6O6S. The highest BCUT2D eigenvalue weighted by molar-refractivity contribution is 7.79. The molecule has 0 atom stereocenters. The first kappa shape index (κ1) is 22.5. The van der Waals surface area contributed by atoms with Crippen LogP contribution in [0.25, 0.3) is 0 Å². The van der Waals surface area contributed by atoms with Crippen molar-refractivity contribution in [2.24, 2.45) is 22.9 Å². The zero-order valence-electron chi connectivity index (χ0n) is 10.1. The van der Waals surface area contributed by atoms with Gasteiger partial charge in [-0.3, -0.25) is 41.3 Å². The Hall–Kier alpha value is -1.67. The predicted octanol–water partition coefficient (Wildman–Crippen LogP) is -8.67. The fourth-order valence-corrected chi connectivity index (χ4v) is 0.400. The van der Waals surface area contributed by atoms with Crippen molar-refractivity contribution in [2.45, 2.75) is 0 Å². The molecule has 0 aliphatic rings. The van der Waals surface area contributed by atoms with E-state index < -0.39 is 10.4 Å². The Labute approximate surface area is 110 Å². The van der Waals surface area contributed by atoms with Crippen LogP contribution in [0.15, 0.2) is 0 Å². The minimum atomic E-state index is -5.17. The average Bonchev–Trinajstić information content (AvgIpc) is 2.22. The molecule has 0 unspecified atom stereocenters. The van der Waals surface area contributed by atoms with Crippen molar-refractivity contribution in [3.63, 3.8) is 0 Å². The third-order valence-electron chi connectivity index (χ3n) is 0.882. The summed E-state index contributed by atoms with van der Waals surface area (Å²) in [7, 11) is -5.17. The molecule has 19 heavy (non-hydrogen) atoms. The molecule has 12 N–H and O–H groups in total. The lowest BCUT2D eigenvalue weighted by atomic mass is 10.7. The van der Waals surface area contributed by atoms with E-state index >= 15 is 0 Å². The molecule has 0 amide bonds. The summed E-state index contributed by atoms with van der Waals surface area (Å²) in [6.07, 6.45) is 0. The monoisotopic (exact) mass is 304 g/mol. The van der Waals surface area contributed by atoms with Gasteiger partial charge in [-0.2, -0.15) is 0 Å². The lowest BCUT2D eigenvalue weighted by Crippen LogP contribution is -2.78. The van der Waals surface area contributed by atoms with Gasteiger partial charge in [-0.1, -0.05) is 0 Å². The van der Waals surface area contributed by atoms with Crippen molar-refractivity contribution in [3.8, 4) is 0 Å². The van der Waals surface area contributed by atoms with Gasteiger partial charge < -0.3 is 19.3 Å². The summed E-state index contributed by atoms with van der Waals surface area (Å²) < 4.78 is 34.1. The van der Waals surface area contributed by atoms with Crippen LogP contribution in [0.4, 0.5) is 0 Å². The van der Waals surface area contributed by atoms with Crippen LogP contribution in [-0.2, 0) is 10.4 Å². The van der Waals surface area contributed by atoms with Crippen LogP contribution in [-0.4, -0.2) is 66.0 Å². The highest BCUT2D eigenvalue weighted by Gasteiger charge is 1.81. The van der Waals surface area contributed by atoms with E-state index in [4.69, 9.17) is 50.7 Å². The van der Waals surface area contributed by atoms with Crippen LogP contribution in [0.3, 0.4) is 0 Å². The van der Waals surface area contributed by atoms with Gasteiger partial charge in [0.25, 0.3) is 0 Å². The average molecular weight is 304 g/mol. The smallest absolute Gasteiger partial charge is 0.338 e. The topological polar surface area (TPSA) is 253 Å². The van der Waals surface area contributed by atoms with Crippen molar-refractivity contribution in [1.29, 1.82) is 0 Å². The quantitative estimate of drug-likeness (QED) is 0.105. The van der Waals surface area contributed by atoms with Gasteiger partial charge >= 0.3 is 11.9 Å². The molecule has 0 fully saturated rings. The maximum absolute atomic E-state index is 8.52. The second-order valence-corrected chi connectivity index (χ2v) is 3.44. The van der Waals surface area contributed by atoms with Crippen LogP contribution in [0.5, 0.6) is 0 Å². The van der Waals surface area contributed by atoms with Crippen molar-refractivity contribution in [1.82, 2.24) is 0 Å². The molecule has 116 valence electrons. The standard InChI is InChI=1S/2C3H9N3O.H2O4S/c2*4-3(5)6-1-2-7;1-5(2,3)4/h2*7H,1-2H2,(H4,4,5,6);(H2,1,2,3,4). The van der Waals surface area contributed by atoms with Crippen LogP contribution in [0.1, 0.15) is 0 Å². The predicted molar refractivity (Wildman–Crippen MR) is 63.1 cm³/mol. The third kappa shape index (κ3) is 83.7. The minimum Gasteiger partial charge on any atom is -0.759 e. The van der Waals surface area contributed by atoms with Crippen molar-refractivity contribution in [2.75, 3.05) is 26.3 Å². The summed E-state index contributed by atoms with van der Waals surface area (Å²) in [6, 6.07) is 0. The first-order valence-electron chi connectivity index (χ1n) is 4.66. The van der Waals surface area contributed by atoms with Gasteiger partial charge in [-0.05, 0) is 0 Å². The molecule has 0 spiro atoms. The maximum atomic E-state index is 8.52. The van der Waals surface area contributed by atoms with Crippen LogP contribution in [0, 0.1) is 0 Å². The van der Waals surface area contributed by atoms with Gasteiger partial charge in [0, 0.05) is 10.4 Å². The summed E-state index contributed by atoms with van der Waals surface area (Å²) in [6.45, 7) is 0.945. The van der Waals surface area contributed by atoms with Gasteiger partial charge in [0.05, 0.1) is 26.3 Å². The van der Waals surface area contributed by atoms with E-state index in [9.17, 15) is 0 Å². The van der Waals surface area contributed by atoms with E-state index in [0.29, 0.717) is 13.1 Å². The van der Waals surface area contributed by atoms with Gasteiger partial charge in [0.2, 0.25) is 0 Å². The first-order valence-corrected chi connectivity index (χ1v) is 5.99. The Morgan fingerprint density at radius 3 is 1.16 bits per heavy atom. The van der Waals surface area contributed by atoms with Gasteiger partial charge in [-0.15, -0.1) is 0 Å². The highest BCUT2D eigenvalue weighted by Crippen LogP contribution is 1.57. The van der Waals surface area contributed by atoms with Crippen LogP contribution < -0.4 is 32.9 Å². The lowest BCUT2D eigenvalue weighted by molar-refractivity contribution is -0.462. The molecule has 12 nitrogen and oxygen atoms in total. The molecule has 0 aliphatic carbocycles. The number of hydrogen-bond donors (Lipinski definition) is 8. The van der Waals surface area contributed by atoms with Crippen LogP contribution >= 0.6 is 0 Å². The highest BCUT2D eigenvalue weighted by atomic mass is 32.3. The van der Waals surface area contributed by atoms with E-state index in [1.807, 2.05) is 0 Å². The second kappa shape index (κ2) is 14.4. The molecule has 0 rings (SSSR count). The summed E-state index contributed by atoms with van der Waals surface area (Å²) in [5.41, 5.74) is 19.8. The Morgan fingerprint density at radius 1 is 0.895 bits per heavy atom. The third-order valence-corrected chi connectivity index (χ3v) is 0.882. The maximum Gasteiger partial charge on any atom is 0.338 e. The number of nitrogens with two attached hydrogens (primary N) is 4. The fraction of sp³-hybridized carbons (Fsp3) is 0.667. The van der Waals surface area contributed by atoms with Crippen molar-refractivity contribution >= 4 is 22.3 Å². The molecule has 0 heterocycles. The largest absolute Gasteiger partial charge is 0.759 e. The molecular weight excluding hydrogens is 284 g/mol. The van der Waals surface area contributed by atoms with E-state index in [0.717, 1.165) is 0 Å². The molecule has 0 aromatic rings. The fourth-order valence-electron chi connectivity index (χ4n) is 0.400. The van der Waals surface area contributed by atoms with E-state index in [1.165, 1.54) is 0 Å². The molecule has 13 heteroatoms. The first-order chi connectivity index (χ1) is 8.54. The van der Waals surface area contributed by atoms with Gasteiger partial charge in [0.1, 0.15) is 0 Å². The Morgan fingerprint density at radius 2 is 1.11 bits per heavy atom. The second-order valence-electron chi connectivity index (χ2n) is 2.62. The number of rotatable bonds is 4. The summed E-state index contributed by atoms with van der Waals surface area (Å²) in [4.78, 5) is 5.03. The van der Waals surface area contributed by atoms with Crippen molar-refractivity contribution in [3.05, 3.63) is 0 Å². The summed E-state index contributed by atoms with van der Waals surface area (Å²) in [5, 5.41) is 16.3. The lowest BCUT2D eigenvalue weighted by Gasteiger charge is -2.06. The molecule has 0 aliphatic heterocycles. The molecule has 0 saturated carbocycles. The number of guanidine groups is 2. The summed E-state index contributed by atoms with van der Waals surface area (Å²) >= 11 is 0. The van der Waals surface area contributed by atoms with Crippen molar-refractivity contribution < 1.29 is 37.7 Å². The zero-order valence-corrected chi connectivity index (χ0v) is 10.9. The number of aliphatic hydroxyl groups is 2. The molecule has 0 aromatic heterocycles. The Kier molecular flexibility index (Phi) is 17.0. The van der Waals surface area contributed by atoms with E-state index in [1.54, 1.807) is 0 Å². The number of nitrogens with one attached hydrogen (secondary N) is 2. The van der Waals surface area contributed by atoms with Crippen LogP contribution in [0.2, 0.25) is 0 Å². The molecule has 0 radical (unpaired) electrons. The van der Waals surface area contributed by atoms with Gasteiger partial charge in [-0.25, -0.2) is 0 Å². The molecule has 0 saturated heterocycles. The number of hydrogen-bond acceptors (Lipinski definition) is 6. The Balaban J connectivity index is -0.000000206. The minimum absolute atomic E-state index is 0.0535. The Bertz CT molecular complexity index is 319. The zero-order chi connectivity index (χ0) is 15.9. The SMILES string of the molecule is NC(N)=[NH+]CCO.NC(N)=[NH+]CCO.O=S(=O)([O-])[O-]. The van der Waals surface area contributed by atoms with E-state index in [-0.39, 0.29) is 25.1 Å². The van der Waals surface area contributed by atoms with E-state index in [2.05, 4.69) is 9.98 Å². The van der Waals surface area contributed by atoms with Gasteiger partial charge in [0.15, 0.2) is 0 Å².